The molecule has 0 bridgehead atoms. The van der Waals surface area contributed by atoms with Crippen LogP contribution in [-0.4, -0.2) is 29.7 Å². The van der Waals surface area contributed by atoms with E-state index in [1.54, 1.807) is 12.1 Å². The molecule has 1 heterocycles. The van der Waals surface area contributed by atoms with Crippen molar-refractivity contribution < 1.29 is 31.7 Å². The van der Waals surface area contributed by atoms with Crippen LogP contribution in [0, 0.1) is 5.41 Å². The van der Waals surface area contributed by atoms with Gasteiger partial charge in [0, 0.05) is 47.2 Å². The Morgan fingerprint density at radius 1 is 1.00 bits per heavy atom. The Bertz CT molecular complexity index is 1030. The molecule has 0 atom stereocenters. The van der Waals surface area contributed by atoms with E-state index in [-0.39, 0.29) is 11.2 Å². The molecule has 4 rings (SSSR count). The lowest BCUT2D eigenvalue weighted by Crippen LogP contribution is -2.31. The zero-order chi connectivity index (χ0) is 22.1. The van der Waals surface area contributed by atoms with Gasteiger partial charge in [0.1, 0.15) is 24.3 Å². The highest BCUT2D eigenvalue weighted by atomic mass is 19.5. The zero-order valence-corrected chi connectivity index (χ0v) is 16.9. The lowest BCUT2D eigenvalue weighted by Gasteiger charge is -2.35. The fraction of sp³-hybridized carbons (Fsp3) is 0.227. The summed E-state index contributed by atoms with van der Waals surface area (Å²) in [6.07, 6.45) is 5.24. The van der Waals surface area contributed by atoms with Crippen LogP contribution in [0.5, 0.6) is 11.5 Å². The molecule has 2 aromatic rings. The molecule has 1 aliphatic heterocycles. The highest BCUT2D eigenvalue weighted by Crippen LogP contribution is 2.46. The summed E-state index contributed by atoms with van der Waals surface area (Å²) in [6, 6.07) is 15.6. The third-order valence-electron chi connectivity index (χ3n) is 5.01. The fourth-order valence-electron chi connectivity index (χ4n) is 3.55. The van der Waals surface area contributed by atoms with Crippen LogP contribution in [0.4, 0.5) is 23.0 Å². The average molecular weight is 419 g/mol. The molecular weight excluding hydrogens is 397 g/mol. The number of ether oxygens (including phenoxy) is 1. The monoisotopic (exact) mass is 419 g/mol. The van der Waals surface area contributed by atoms with Crippen LogP contribution < -0.4 is 4.74 Å². The number of fused-ring (bicyclic) bond motifs is 2. The Labute approximate surface area is 172 Å². The van der Waals surface area contributed by atoms with Crippen molar-refractivity contribution in [1.29, 1.82) is 0 Å². The summed E-state index contributed by atoms with van der Waals surface area (Å²) in [5.74, 6) is 1.79. The number of benzene rings is 2. The molecule has 0 amide bonds. The number of phenols is 1. The molecule has 1 aliphatic carbocycles. The minimum Gasteiger partial charge on any atom is -0.508 e. The maximum Gasteiger partial charge on any atom is 0.673 e. The number of aromatic hydroxyl groups is 1. The van der Waals surface area contributed by atoms with E-state index >= 15 is 0 Å². The number of rotatable bonds is 1. The zero-order valence-electron chi connectivity index (χ0n) is 16.9. The molecule has 0 unspecified atom stereocenters. The second-order valence-electron chi connectivity index (χ2n) is 7.83. The first-order valence-corrected chi connectivity index (χ1v) is 9.41. The van der Waals surface area contributed by atoms with Gasteiger partial charge in [-0.2, -0.15) is 4.58 Å². The van der Waals surface area contributed by atoms with Crippen LogP contribution in [0.15, 0.2) is 65.9 Å². The van der Waals surface area contributed by atoms with Crippen molar-refractivity contribution >= 4 is 24.7 Å². The van der Waals surface area contributed by atoms with Gasteiger partial charge >= 0.3 is 7.25 Å². The summed E-state index contributed by atoms with van der Waals surface area (Å²) in [5, 5.41) is 9.74. The number of hydrogen-bond donors (Lipinski definition) is 1. The summed E-state index contributed by atoms with van der Waals surface area (Å²) in [6.45, 7) is 4.50. The van der Waals surface area contributed by atoms with Gasteiger partial charge in [0.15, 0.2) is 5.71 Å². The van der Waals surface area contributed by atoms with Gasteiger partial charge in [0.05, 0.1) is 0 Å². The largest absolute Gasteiger partial charge is 0.673 e. The first-order valence-electron chi connectivity index (χ1n) is 9.41. The number of halogens is 4. The SMILES string of the molecule is C[N+](=C1C=C2Oc3cc(O)ccc3C=C2C(C)(C)C1)c1ccccc1.F[B-](F)(F)F. The number of nitrogens with zero attached hydrogens (tertiary/aromatic N) is 1. The number of phenolic OH excluding ortho intramolecular Hbond substituents is 1. The lowest BCUT2D eigenvalue weighted by molar-refractivity contribution is -0.406. The minimum atomic E-state index is -6.00. The van der Waals surface area contributed by atoms with Gasteiger partial charge in [-0.25, -0.2) is 0 Å². The average Bonchev–Trinajstić information content (AvgIpc) is 2.65. The highest BCUT2D eigenvalue weighted by molar-refractivity contribution is 6.50. The topological polar surface area (TPSA) is 32.5 Å². The molecule has 0 fully saturated rings. The first-order chi connectivity index (χ1) is 13.9. The Hall–Kier alpha value is -3.03. The van der Waals surface area contributed by atoms with E-state index in [2.05, 4.69) is 61.9 Å². The molecule has 0 spiro atoms. The van der Waals surface area contributed by atoms with Gasteiger partial charge in [0.2, 0.25) is 5.69 Å². The van der Waals surface area contributed by atoms with Crippen molar-refractivity contribution in [2.75, 3.05) is 7.05 Å². The second kappa shape index (κ2) is 8.01. The van der Waals surface area contributed by atoms with Gasteiger partial charge in [-0.05, 0) is 18.2 Å². The molecule has 3 nitrogen and oxygen atoms in total. The lowest BCUT2D eigenvalue weighted by atomic mass is 9.73. The van der Waals surface area contributed by atoms with Gasteiger partial charge in [0.25, 0.3) is 0 Å². The van der Waals surface area contributed by atoms with E-state index in [9.17, 15) is 22.4 Å². The van der Waals surface area contributed by atoms with Crippen LogP contribution in [0.1, 0.15) is 25.8 Å². The van der Waals surface area contributed by atoms with Crippen LogP contribution >= 0.6 is 0 Å². The summed E-state index contributed by atoms with van der Waals surface area (Å²) in [7, 11) is -3.91. The molecule has 0 radical (unpaired) electrons. The van der Waals surface area contributed by atoms with Crippen LogP contribution in [0.3, 0.4) is 0 Å². The standard InChI is InChI=1S/C22H21NO2.BF4/c1-22(2)14-17(23(3)16-7-5-4-6-8-16)12-21-19(22)11-15-9-10-18(24)13-20(15)25-21;2-1(3,4)5/h4-13H,14H2,1-3H3;/q;-1/p+1. The summed E-state index contributed by atoms with van der Waals surface area (Å²) in [5.41, 5.74) is 4.56. The van der Waals surface area contributed by atoms with Crippen molar-refractivity contribution in [1.82, 2.24) is 0 Å². The molecule has 2 aromatic carbocycles. The minimum absolute atomic E-state index is 0.0297. The normalized spacial score (nSPS) is 18.5. The summed E-state index contributed by atoms with van der Waals surface area (Å²) in [4.78, 5) is 0. The molecule has 158 valence electrons. The third-order valence-corrected chi connectivity index (χ3v) is 5.01. The Kier molecular flexibility index (Phi) is 5.79. The molecule has 30 heavy (non-hydrogen) atoms. The number of hydrogen-bond acceptors (Lipinski definition) is 2. The molecule has 0 saturated heterocycles. The van der Waals surface area contributed by atoms with Gasteiger partial charge in [-0.1, -0.05) is 32.0 Å². The molecule has 1 N–H and O–H groups in total. The van der Waals surface area contributed by atoms with E-state index in [1.807, 2.05) is 12.1 Å². The van der Waals surface area contributed by atoms with E-state index in [0.29, 0.717) is 5.75 Å². The highest BCUT2D eigenvalue weighted by Gasteiger charge is 2.38. The Morgan fingerprint density at radius 2 is 1.63 bits per heavy atom. The van der Waals surface area contributed by atoms with Gasteiger partial charge in [-0.3, -0.25) is 0 Å². The molecule has 2 aliphatic rings. The summed E-state index contributed by atoms with van der Waals surface area (Å²) >= 11 is 0. The number of allylic oxidation sites excluding steroid dienone is 2. The van der Waals surface area contributed by atoms with E-state index < -0.39 is 7.25 Å². The predicted molar refractivity (Wildman–Crippen MR) is 111 cm³/mol. The smallest absolute Gasteiger partial charge is 0.508 e. The van der Waals surface area contributed by atoms with Crippen molar-refractivity contribution in [3.63, 3.8) is 0 Å². The Balaban J connectivity index is 0.000000461. The molecular formula is C22H22BF4NO2. The second-order valence-corrected chi connectivity index (χ2v) is 7.83. The fourth-order valence-corrected chi connectivity index (χ4v) is 3.55. The molecule has 8 heteroatoms. The van der Waals surface area contributed by atoms with Crippen molar-refractivity contribution in [3.8, 4) is 11.5 Å². The maximum atomic E-state index is 9.75. The van der Waals surface area contributed by atoms with Crippen molar-refractivity contribution in [2.24, 2.45) is 5.41 Å². The summed E-state index contributed by atoms with van der Waals surface area (Å²) < 4.78 is 47.4. The van der Waals surface area contributed by atoms with E-state index in [0.717, 1.165) is 23.4 Å². The van der Waals surface area contributed by atoms with Crippen LogP contribution in [0.25, 0.3) is 6.08 Å². The van der Waals surface area contributed by atoms with E-state index in [1.165, 1.54) is 11.3 Å². The molecule has 0 aromatic heterocycles. The van der Waals surface area contributed by atoms with Gasteiger partial charge in [-0.15, -0.1) is 0 Å². The van der Waals surface area contributed by atoms with Crippen molar-refractivity contribution in [2.45, 2.75) is 20.3 Å². The first kappa shape index (κ1) is 21.7. The Morgan fingerprint density at radius 3 is 2.27 bits per heavy atom. The quantitative estimate of drug-likeness (QED) is 0.339. The molecule has 0 saturated carbocycles. The maximum absolute atomic E-state index is 9.75. The number of para-hydroxylation sites is 1. The third kappa shape index (κ3) is 5.12. The predicted octanol–water partition coefficient (Wildman–Crippen LogP) is 6.20. The van der Waals surface area contributed by atoms with Crippen LogP contribution in [-0.2, 0) is 0 Å². The van der Waals surface area contributed by atoms with Crippen molar-refractivity contribution in [3.05, 3.63) is 71.5 Å². The van der Waals surface area contributed by atoms with Crippen LogP contribution in [0.2, 0.25) is 0 Å². The van der Waals surface area contributed by atoms with Gasteiger partial charge < -0.3 is 27.1 Å². The van der Waals surface area contributed by atoms with E-state index in [4.69, 9.17) is 4.74 Å².